The third-order valence-corrected chi connectivity index (χ3v) is 3.65. The van der Waals surface area contributed by atoms with Crippen molar-refractivity contribution in [3.8, 4) is 0 Å². The van der Waals surface area contributed by atoms with E-state index in [4.69, 9.17) is 0 Å². The van der Waals surface area contributed by atoms with E-state index >= 15 is 0 Å². The van der Waals surface area contributed by atoms with Gasteiger partial charge in [-0.05, 0) is 37.3 Å². The Morgan fingerprint density at radius 2 is 2.25 bits per heavy atom. The molecule has 5 nitrogen and oxygen atoms in total. The number of nitrogens with one attached hydrogen (secondary N) is 2. The summed E-state index contributed by atoms with van der Waals surface area (Å²) in [6.45, 7) is 4.06. The highest BCUT2D eigenvalue weighted by atomic mass is 16.2. The monoisotopic (exact) mass is 270 g/mol. The zero-order chi connectivity index (χ0) is 14.1. The van der Waals surface area contributed by atoms with Crippen molar-refractivity contribution >= 4 is 11.6 Å². The van der Waals surface area contributed by atoms with Gasteiger partial charge in [0.1, 0.15) is 5.82 Å². The van der Waals surface area contributed by atoms with Crippen molar-refractivity contribution in [3.63, 3.8) is 0 Å². The largest absolute Gasteiger partial charge is 0.319 e. The number of benzene rings is 1. The molecule has 20 heavy (non-hydrogen) atoms. The number of carbonyl (C=O) groups excluding carboxylic acids is 1. The molecule has 1 aromatic heterocycles. The minimum absolute atomic E-state index is 0.220. The number of anilines is 1. The van der Waals surface area contributed by atoms with Crippen LogP contribution in [0.4, 0.5) is 5.69 Å². The van der Waals surface area contributed by atoms with Crippen LogP contribution >= 0.6 is 0 Å². The molecule has 0 radical (unpaired) electrons. The number of aryl methyl sites for hydroxylation is 2. The molecule has 0 bridgehead atoms. The van der Waals surface area contributed by atoms with E-state index in [-0.39, 0.29) is 11.7 Å². The highest BCUT2D eigenvalue weighted by molar-refractivity contribution is 6.02. The number of nitrogens with zero attached hydrogens (tertiary/aromatic N) is 2. The molecule has 3 rings (SSSR count). The van der Waals surface area contributed by atoms with Gasteiger partial charge in [-0.15, -0.1) is 5.10 Å². The van der Waals surface area contributed by atoms with E-state index in [1.165, 1.54) is 0 Å². The molecule has 0 saturated heterocycles. The maximum atomic E-state index is 12.2. The molecule has 0 aliphatic heterocycles. The molecule has 1 saturated carbocycles. The number of hydrogen-bond donors (Lipinski definition) is 2. The maximum absolute atomic E-state index is 12.2. The standard InChI is InChI=1S/C15H18N4O/c1-3-10-6-4-5-9(2)12(10)16-15(20)14-17-13(18-19-14)11-7-8-11/h4-6,11H,3,7-8H2,1-2H3,(H,16,20)(H,17,18,19). The lowest BCUT2D eigenvalue weighted by molar-refractivity contribution is 0.101. The Bertz CT molecular complexity index is 643. The van der Waals surface area contributed by atoms with Crippen LogP contribution in [0.25, 0.3) is 0 Å². The molecule has 1 aliphatic carbocycles. The lowest BCUT2D eigenvalue weighted by Gasteiger charge is -2.11. The van der Waals surface area contributed by atoms with Gasteiger partial charge >= 0.3 is 0 Å². The highest BCUT2D eigenvalue weighted by Crippen LogP contribution is 2.37. The fourth-order valence-electron chi connectivity index (χ4n) is 2.29. The van der Waals surface area contributed by atoms with Gasteiger partial charge in [-0.25, -0.2) is 4.98 Å². The van der Waals surface area contributed by atoms with Crippen molar-refractivity contribution in [2.45, 2.75) is 39.0 Å². The molecule has 5 heteroatoms. The molecule has 0 unspecified atom stereocenters. The SMILES string of the molecule is CCc1cccc(C)c1NC(=O)c1n[nH]c(C2CC2)n1. The van der Waals surface area contributed by atoms with Crippen molar-refractivity contribution in [1.82, 2.24) is 15.2 Å². The van der Waals surface area contributed by atoms with Crippen molar-refractivity contribution in [2.24, 2.45) is 0 Å². The van der Waals surface area contributed by atoms with Gasteiger partial charge in [0.2, 0.25) is 5.82 Å². The van der Waals surface area contributed by atoms with E-state index in [0.29, 0.717) is 5.92 Å². The fourth-order valence-corrected chi connectivity index (χ4v) is 2.29. The molecule has 1 amide bonds. The van der Waals surface area contributed by atoms with Crippen molar-refractivity contribution in [3.05, 3.63) is 41.0 Å². The van der Waals surface area contributed by atoms with Gasteiger partial charge in [-0.3, -0.25) is 9.89 Å². The van der Waals surface area contributed by atoms with Crippen LogP contribution in [0.2, 0.25) is 0 Å². The second-order valence-electron chi connectivity index (χ2n) is 5.24. The third-order valence-electron chi connectivity index (χ3n) is 3.65. The summed E-state index contributed by atoms with van der Waals surface area (Å²) in [5, 5.41) is 9.80. The maximum Gasteiger partial charge on any atom is 0.295 e. The normalized spacial score (nSPS) is 14.3. The lowest BCUT2D eigenvalue weighted by atomic mass is 10.1. The Balaban J connectivity index is 1.81. The van der Waals surface area contributed by atoms with Crippen LogP contribution in [0.5, 0.6) is 0 Å². The first-order valence-corrected chi connectivity index (χ1v) is 7.01. The molecule has 1 aliphatic rings. The number of amides is 1. The molecule has 2 N–H and O–H groups in total. The van der Waals surface area contributed by atoms with E-state index in [9.17, 15) is 4.79 Å². The number of aromatic nitrogens is 3. The molecule has 2 aromatic rings. The van der Waals surface area contributed by atoms with E-state index in [1.807, 2.05) is 25.1 Å². The second-order valence-corrected chi connectivity index (χ2v) is 5.24. The molecule has 0 spiro atoms. The van der Waals surface area contributed by atoms with Gasteiger partial charge in [-0.2, -0.15) is 0 Å². The van der Waals surface area contributed by atoms with Crippen molar-refractivity contribution in [2.75, 3.05) is 5.32 Å². The minimum atomic E-state index is -0.253. The van der Waals surface area contributed by atoms with Crippen molar-refractivity contribution in [1.29, 1.82) is 0 Å². The fraction of sp³-hybridized carbons (Fsp3) is 0.400. The number of hydrogen-bond acceptors (Lipinski definition) is 3. The Morgan fingerprint density at radius 1 is 1.45 bits per heavy atom. The average molecular weight is 270 g/mol. The zero-order valence-electron chi connectivity index (χ0n) is 11.7. The van der Waals surface area contributed by atoms with E-state index < -0.39 is 0 Å². The lowest BCUT2D eigenvalue weighted by Crippen LogP contribution is -2.16. The predicted molar refractivity (Wildman–Crippen MR) is 76.9 cm³/mol. The van der Waals surface area contributed by atoms with Crippen LogP contribution in [0.15, 0.2) is 18.2 Å². The second kappa shape index (κ2) is 5.07. The van der Waals surface area contributed by atoms with Gasteiger partial charge in [0.05, 0.1) is 0 Å². The molecule has 1 fully saturated rings. The molecular weight excluding hydrogens is 252 g/mol. The quantitative estimate of drug-likeness (QED) is 0.897. The zero-order valence-corrected chi connectivity index (χ0v) is 11.7. The van der Waals surface area contributed by atoms with Crippen LogP contribution in [-0.2, 0) is 6.42 Å². The Hall–Kier alpha value is -2.17. The van der Waals surface area contributed by atoms with Gasteiger partial charge in [0.25, 0.3) is 5.91 Å². The molecule has 0 atom stereocenters. The molecule has 1 heterocycles. The van der Waals surface area contributed by atoms with Gasteiger partial charge in [-0.1, -0.05) is 25.1 Å². The first-order chi connectivity index (χ1) is 9.69. The Morgan fingerprint density at radius 3 is 2.95 bits per heavy atom. The summed E-state index contributed by atoms with van der Waals surface area (Å²) in [7, 11) is 0. The number of para-hydroxylation sites is 1. The number of aromatic amines is 1. The van der Waals surface area contributed by atoms with Gasteiger partial charge in [0.15, 0.2) is 0 Å². The summed E-state index contributed by atoms with van der Waals surface area (Å²) in [6.07, 6.45) is 3.14. The van der Waals surface area contributed by atoms with Gasteiger partial charge < -0.3 is 5.32 Å². The number of carbonyl (C=O) groups is 1. The summed E-state index contributed by atoms with van der Waals surface area (Å²) < 4.78 is 0. The molecule has 104 valence electrons. The van der Waals surface area contributed by atoms with Crippen LogP contribution in [0, 0.1) is 6.92 Å². The predicted octanol–water partition coefficient (Wildman–Crippen LogP) is 2.81. The topological polar surface area (TPSA) is 70.7 Å². The summed E-state index contributed by atoms with van der Waals surface area (Å²) in [5.41, 5.74) is 3.05. The highest BCUT2D eigenvalue weighted by Gasteiger charge is 2.28. The summed E-state index contributed by atoms with van der Waals surface area (Å²) >= 11 is 0. The van der Waals surface area contributed by atoms with Crippen molar-refractivity contribution < 1.29 is 4.79 Å². The summed E-state index contributed by atoms with van der Waals surface area (Å²) in [6, 6.07) is 6.01. The minimum Gasteiger partial charge on any atom is -0.319 e. The van der Waals surface area contributed by atoms with Crippen LogP contribution in [0.1, 0.15) is 53.3 Å². The first kappa shape index (κ1) is 12.8. The molecular formula is C15H18N4O. The van der Waals surface area contributed by atoms with Crippen LogP contribution < -0.4 is 5.32 Å². The van der Waals surface area contributed by atoms with Crippen LogP contribution in [-0.4, -0.2) is 21.1 Å². The molecule has 1 aromatic carbocycles. The third kappa shape index (κ3) is 2.43. The Kier molecular flexibility index (Phi) is 3.26. The number of H-pyrrole nitrogens is 1. The average Bonchev–Trinajstić information content (AvgIpc) is 3.18. The van der Waals surface area contributed by atoms with Gasteiger partial charge in [0, 0.05) is 11.6 Å². The van der Waals surface area contributed by atoms with Crippen LogP contribution in [0.3, 0.4) is 0 Å². The van der Waals surface area contributed by atoms with E-state index in [1.54, 1.807) is 0 Å². The Labute approximate surface area is 117 Å². The number of rotatable bonds is 4. The van der Waals surface area contributed by atoms with E-state index in [2.05, 4.69) is 27.4 Å². The summed E-state index contributed by atoms with van der Waals surface area (Å²) in [5.74, 6) is 1.26. The summed E-state index contributed by atoms with van der Waals surface area (Å²) in [4.78, 5) is 16.5. The first-order valence-electron chi connectivity index (χ1n) is 7.01. The smallest absolute Gasteiger partial charge is 0.295 e. The van der Waals surface area contributed by atoms with E-state index in [0.717, 1.165) is 41.9 Å².